The molecule has 2 aromatic heterocycles. The molecule has 0 N–H and O–H groups in total. The summed E-state index contributed by atoms with van der Waals surface area (Å²) in [6.07, 6.45) is 0. The summed E-state index contributed by atoms with van der Waals surface area (Å²) in [7, 11) is 1.61. The standard InChI is InChI=1S/C16H14FNOS2/c1-9-11(17)4-5-13(19-3)16(9)15-7-6-14(21-15)12-8-20-10(2)18-12/h4-8H,1-3H3. The molecule has 0 unspecified atom stereocenters. The van der Waals surface area contributed by atoms with Crippen LogP contribution in [0.3, 0.4) is 0 Å². The van der Waals surface area contributed by atoms with Gasteiger partial charge in [-0.05, 0) is 43.7 Å². The summed E-state index contributed by atoms with van der Waals surface area (Å²) < 4.78 is 19.2. The summed E-state index contributed by atoms with van der Waals surface area (Å²) in [6, 6.07) is 7.14. The zero-order valence-corrected chi connectivity index (χ0v) is 13.6. The van der Waals surface area contributed by atoms with Crippen molar-refractivity contribution in [2.45, 2.75) is 13.8 Å². The van der Waals surface area contributed by atoms with Crippen molar-refractivity contribution in [1.82, 2.24) is 4.98 Å². The highest BCUT2D eigenvalue weighted by Crippen LogP contribution is 2.41. The van der Waals surface area contributed by atoms with E-state index in [0.29, 0.717) is 11.3 Å². The Morgan fingerprint density at radius 1 is 1.10 bits per heavy atom. The molecule has 2 heterocycles. The van der Waals surface area contributed by atoms with Crippen LogP contribution in [-0.2, 0) is 0 Å². The van der Waals surface area contributed by atoms with E-state index in [1.165, 1.54) is 6.07 Å². The minimum Gasteiger partial charge on any atom is -0.496 e. The summed E-state index contributed by atoms with van der Waals surface area (Å²) >= 11 is 3.23. The van der Waals surface area contributed by atoms with Crippen molar-refractivity contribution in [2.24, 2.45) is 0 Å². The Kier molecular flexibility index (Phi) is 3.78. The molecule has 21 heavy (non-hydrogen) atoms. The second-order valence-corrected chi connectivity index (χ2v) is 6.81. The van der Waals surface area contributed by atoms with Gasteiger partial charge < -0.3 is 4.74 Å². The Hall–Kier alpha value is -1.72. The van der Waals surface area contributed by atoms with Crippen molar-refractivity contribution in [3.8, 4) is 26.8 Å². The van der Waals surface area contributed by atoms with Crippen LogP contribution in [0.25, 0.3) is 21.0 Å². The topological polar surface area (TPSA) is 22.1 Å². The SMILES string of the molecule is COc1ccc(F)c(C)c1-c1ccc(-c2csc(C)n2)s1. The third-order valence-electron chi connectivity index (χ3n) is 3.30. The molecule has 108 valence electrons. The van der Waals surface area contributed by atoms with Crippen LogP contribution in [0.1, 0.15) is 10.6 Å². The predicted molar refractivity (Wildman–Crippen MR) is 86.8 cm³/mol. The number of methoxy groups -OCH3 is 1. The highest BCUT2D eigenvalue weighted by atomic mass is 32.1. The zero-order valence-electron chi connectivity index (χ0n) is 11.9. The predicted octanol–water partition coefficient (Wildman–Crippen LogP) is 5.30. The largest absolute Gasteiger partial charge is 0.496 e. The number of aromatic nitrogens is 1. The van der Waals surface area contributed by atoms with Gasteiger partial charge in [-0.3, -0.25) is 0 Å². The van der Waals surface area contributed by atoms with E-state index < -0.39 is 0 Å². The summed E-state index contributed by atoms with van der Waals surface area (Å²) in [5, 5.41) is 3.08. The van der Waals surface area contributed by atoms with Crippen LogP contribution in [-0.4, -0.2) is 12.1 Å². The summed E-state index contributed by atoms with van der Waals surface area (Å²) in [6.45, 7) is 3.77. The van der Waals surface area contributed by atoms with Crippen molar-refractivity contribution in [2.75, 3.05) is 7.11 Å². The number of benzene rings is 1. The summed E-state index contributed by atoms with van der Waals surface area (Å²) in [5.41, 5.74) is 2.40. The van der Waals surface area contributed by atoms with E-state index in [1.807, 2.05) is 24.4 Å². The lowest BCUT2D eigenvalue weighted by molar-refractivity contribution is 0.415. The van der Waals surface area contributed by atoms with E-state index in [2.05, 4.69) is 4.98 Å². The van der Waals surface area contributed by atoms with Crippen molar-refractivity contribution < 1.29 is 9.13 Å². The maximum absolute atomic E-state index is 13.9. The number of ether oxygens (including phenoxy) is 1. The van der Waals surface area contributed by atoms with Crippen LogP contribution in [0, 0.1) is 19.7 Å². The molecular weight excluding hydrogens is 305 g/mol. The molecule has 0 amide bonds. The molecule has 0 saturated carbocycles. The molecule has 3 aromatic rings. The Bertz CT molecular complexity index is 791. The first-order valence-corrected chi connectivity index (χ1v) is 8.15. The maximum Gasteiger partial charge on any atom is 0.127 e. The van der Waals surface area contributed by atoms with E-state index in [4.69, 9.17) is 4.74 Å². The lowest BCUT2D eigenvalue weighted by atomic mass is 10.1. The first-order valence-electron chi connectivity index (χ1n) is 6.46. The molecule has 2 nitrogen and oxygen atoms in total. The zero-order chi connectivity index (χ0) is 15.0. The molecule has 3 rings (SSSR count). The van der Waals surface area contributed by atoms with Gasteiger partial charge in [0.2, 0.25) is 0 Å². The molecule has 0 atom stereocenters. The van der Waals surface area contributed by atoms with Gasteiger partial charge in [0.1, 0.15) is 11.6 Å². The molecule has 5 heteroatoms. The molecule has 0 aliphatic carbocycles. The maximum atomic E-state index is 13.9. The number of halogens is 1. The van der Waals surface area contributed by atoms with E-state index in [-0.39, 0.29) is 5.82 Å². The number of aryl methyl sites for hydroxylation is 1. The Balaban J connectivity index is 2.10. The Morgan fingerprint density at radius 3 is 2.52 bits per heavy atom. The lowest BCUT2D eigenvalue weighted by Crippen LogP contribution is -1.92. The van der Waals surface area contributed by atoms with Crippen LogP contribution in [0.15, 0.2) is 29.6 Å². The fraction of sp³-hybridized carbons (Fsp3) is 0.188. The van der Waals surface area contributed by atoms with Crippen LogP contribution in [0.2, 0.25) is 0 Å². The van der Waals surface area contributed by atoms with E-state index in [0.717, 1.165) is 26.0 Å². The van der Waals surface area contributed by atoms with Crippen molar-refractivity contribution in [3.05, 3.63) is 46.0 Å². The number of nitrogens with zero attached hydrogens (tertiary/aromatic N) is 1. The second kappa shape index (κ2) is 5.58. The van der Waals surface area contributed by atoms with E-state index in [1.54, 1.807) is 42.8 Å². The highest BCUT2D eigenvalue weighted by molar-refractivity contribution is 7.19. The van der Waals surface area contributed by atoms with Gasteiger partial charge in [-0.15, -0.1) is 22.7 Å². The quantitative estimate of drug-likeness (QED) is 0.653. The first kappa shape index (κ1) is 14.2. The lowest BCUT2D eigenvalue weighted by Gasteiger charge is -2.10. The molecule has 0 radical (unpaired) electrons. The number of thiazole rings is 1. The third-order valence-corrected chi connectivity index (χ3v) is 5.20. The van der Waals surface area contributed by atoms with Crippen LogP contribution in [0.5, 0.6) is 5.75 Å². The van der Waals surface area contributed by atoms with Crippen LogP contribution < -0.4 is 4.74 Å². The van der Waals surface area contributed by atoms with Gasteiger partial charge in [-0.1, -0.05) is 0 Å². The van der Waals surface area contributed by atoms with Crippen LogP contribution in [0.4, 0.5) is 4.39 Å². The van der Waals surface area contributed by atoms with E-state index >= 15 is 0 Å². The summed E-state index contributed by atoms with van der Waals surface area (Å²) in [5.74, 6) is 0.474. The van der Waals surface area contributed by atoms with Gasteiger partial charge >= 0.3 is 0 Å². The average molecular weight is 319 g/mol. The van der Waals surface area contributed by atoms with Crippen LogP contribution >= 0.6 is 22.7 Å². The molecule has 0 bridgehead atoms. The molecule has 0 spiro atoms. The number of hydrogen-bond acceptors (Lipinski definition) is 4. The monoisotopic (exact) mass is 319 g/mol. The minimum absolute atomic E-state index is 0.217. The second-order valence-electron chi connectivity index (χ2n) is 4.67. The molecular formula is C16H14FNOS2. The minimum atomic E-state index is -0.217. The molecule has 1 aromatic carbocycles. The fourth-order valence-corrected chi connectivity index (χ4v) is 3.99. The molecule has 0 fully saturated rings. The summed E-state index contributed by atoms with van der Waals surface area (Å²) in [4.78, 5) is 6.57. The van der Waals surface area contributed by atoms with E-state index in [9.17, 15) is 4.39 Å². The molecule has 0 aliphatic rings. The van der Waals surface area contributed by atoms with Gasteiger partial charge in [-0.2, -0.15) is 0 Å². The fourth-order valence-electron chi connectivity index (χ4n) is 2.22. The molecule has 0 aliphatic heterocycles. The Morgan fingerprint density at radius 2 is 1.86 bits per heavy atom. The average Bonchev–Trinajstić information content (AvgIpc) is 3.10. The third kappa shape index (κ3) is 2.59. The highest BCUT2D eigenvalue weighted by Gasteiger charge is 2.16. The molecule has 0 saturated heterocycles. The normalized spacial score (nSPS) is 10.9. The van der Waals surface area contributed by atoms with Gasteiger partial charge in [-0.25, -0.2) is 9.37 Å². The number of rotatable bonds is 3. The van der Waals surface area contributed by atoms with Gasteiger partial charge in [0.15, 0.2) is 0 Å². The van der Waals surface area contributed by atoms with Crippen molar-refractivity contribution in [1.29, 1.82) is 0 Å². The first-order chi connectivity index (χ1) is 10.1. The van der Waals surface area contributed by atoms with Gasteiger partial charge in [0, 0.05) is 15.8 Å². The van der Waals surface area contributed by atoms with Gasteiger partial charge in [0.05, 0.1) is 22.7 Å². The van der Waals surface area contributed by atoms with Crippen molar-refractivity contribution >= 4 is 22.7 Å². The Labute approximate surface area is 130 Å². The van der Waals surface area contributed by atoms with Gasteiger partial charge in [0.25, 0.3) is 0 Å². The number of thiophene rings is 1. The smallest absolute Gasteiger partial charge is 0.127 e. The van der Waals surface area contributed by atoms with Crippen molar-refractivity contribution in [3.63, 3.8) is 0 Å². The number of hydrogen-bond donors (Lipinski definition) is 0.